The first kappa shape index (κ1) is 12.3. The van der Waals surface area contributed by atoms with Crippen molar-refractivity contribution < 1.29 is 27.7 Å². The van der Waals surface area contributed by atoms with Crippen LogP contribution in [0.3, 0.4) is 0 Å². The molecule has 7 nitrogen and oxygen atoms in total. The maximum atomic E-state index is 10.4. The molecule has 78 valence electrons. The van der Waals surface area contributed by atoms with Crippen molar-refractivity contribution in [3.05, 3.63) is 0 Å². The molecule has 0 saturated heterocycles. The van der Waals surface area contributed by atoms with Crippen LogP contribution in [0, 0.1) is 0 Å². The van der Waals surface area contributed by atoms with Gasteiger partial charge in [-0.3, -0.25) is 0 Å². The van der Waals surface area contributed by atoms with Crippen molar-refractivity contribution in [3.63, 3.8) is 0 Å². The van der Waals surface area contributed by atoms with Gasteiger partial charge in [0.25, 0.3) is 0 Å². The summed E-state index contributed by atoms with van der Waals surface area (Å²) in [6.07, 6.45) is -1.26. The molecule has 0 radical (unpaired) electrons. The van der Waals surface area contributed by atoms with Crippen LogP contribution in [-0.2, 0) is 17.8 Å². The predicted molar refractivity (Wildman–Crippen MR) is 43.7 cm³/mol. The molecule has 0 saturated carbocycles. The minimum atomic E-state index is -3.30. The van der Waals surface area contributed by atoms with E-state index in [4.69, 9.17) is 22.9 Å². The first-order chi connectivity index (χ1) is 6.01. The van der Waals surface area contributed by atoms with E-state index in [0.29, 0.717) is 5.06 Å². The molecule has 1 N–H and O–H groups in total. The third-order valence-corrected chi connectivity index (χ3v) is 3.27. The van der Waals surface area contributed by atoms with E-state index in [-0.39, 0.29) is 0 Å². The molecule has 0 aromatic rings. The first-order valence-corrected chi connectivity index (χ1v) is 4.96. The van der Waals surface area contributed by atoms with Crippen LogP contribution in [0.5, 0.6) is 0 Å². The third kappa shape index (κ3) is 3.28. The van der Waals surface area contributed by atoms with Gasteiger partial charge in [0, 0.05) is 28.4 Å². The number of hydroxylamine groups is 2. The summed E-state index contributed by atoms with van der Waals surface area (Å²) in [5, 5.41) is 9.06. The summed E-state index contributed by atoms with van der Waals surface area (Å²) in [4.78, 5) is 10.4. The van der Waals surface area contributed by atoms with Crippen molar-refractivity contribution in [2.75, 3.05) is 28.4 Å². The Hall–Kier alpha value is -0.673. The molecular weight excluding hydrogens is 198 g/mol. The lowest BCUT2D eigenvalue weighted by molar-refractivity contribution is -0.117. The van der Waals surface area contributed by atoms with Gasteiger partial charge in [-0.25, -0.2) is 9.32 Å². The van der Waals surface area contributed by atoms with Crippen LogP contribution in [0.4, 0.5) is 4.79 Å². The first-order valence-electron chi connectivity index (χ1n) is 3.32. The maximum Gasteiger partial charge on any atom is 0.701 e. The molecule has 13 heavy (non-hydrogen) atoms. The molecule has 0 atom stereocenters. The summed E-state index contributed by atoms with van der Waals surface area (Å²) in [7, 11) is 1.85. The average Bonchev–Trinajstić information content (AvgIpc) is 2.14. The Bertz CT molecular complexity index is 164. The minimum absolute atomic E-state index is 0.572. The van der Waals surface area contributed by atoms with Crippen LogP contribution in [0.25, 0.3) is 0 Å². The molecule has 0 aliphatic rings. The number of nitrogens with zero attached hydrogens (tertiary/aromatic N) is 1. The lowest BCUT2D eigenvalue weighted by atomic mass is 11.1. The van der Waals surface area contributed by atoms with Crippen molar-refractivity contribution in [1.29, 1.82) is 0 Å². The summed E-state index contributed by atoms with van der Waals surface area (Å²) in [6, 6.07) is 0. The Morgan fingerprint density at radius 1 is 1.23 bits per heavy atom. The summed E-state index contributed by atoms with van der Waals surface area (Å²) in [6.45, 7) is 0. The zero-order chi connectivity index (χ0) is 10.5. The van der Waals surface area contributed by atoms with E-state index in [9.17, 15) is 4.79 Å². The summed E-state index contributed by atoms with van der Waals surface area (Å²) in [5.74, 6) is 0. The zero-order valence-electron chi connectivity index (χ0n) is 7.94. The number of amides is 1. The molecule has 0 aliphatic heterocycles. The molecule has 0 rings (SSSR count). The predicted octanol–water partition coefficient (Wildman–Crippen LogP) is -0.0974. The number of hydrogen-bond acceptors (Lipinski definition) is 5. The van der Waals surface area contributed by atoms with Gasteiger partial charge in [-0.05, 0) is 0 Å². The van der Waals surface area contributed by atoms with E-state index in [1.165, 1.54) is 28.4 Å². The van der Waals surface area contributed by atoms with E-state index in [1.807, 2.05) is 0 Å². The van der Waals surface area contributed by atoms with Gasteiger partial charge >= 0.3 is 15.1 Å². The standard InChI is InChI=1S/C5H13NO6Si/c1-6(5(7)8)12-13(9-2,10-3)11-4/h1-4H3,(H,7,8). The van der Waals surface area contributed by atoms with Crippen LogP contribution >= 0.6 is 0 Å². The van der Waals surface area contributed by atoms with Crippen molar-refractivity contribution in [2.45, 2.75) is 0 Å². The van der Waals surface area contributed by atoms with Crippen LogP contribution in [-0.4, -0.2) is 53.7 Å². The Balaban J connectivity index is 4.32. The highest BCUT2D eigenvalue weighted by molar-refractivity contribution is 6.53. The van der Waals surface area contributed by atoms with Gasteiger partial charge in [-0.1, -0.05) is 0 Å². The van der Waals surface area contributed by atoms with Gasteiger partial charge in [0.1, 0.15) is 0 Å². The normalized spacial score (nSPS) is 11.4. The summed E-state index contributed by atoms with van der Waals surface area (Å²) < 4.78 is 19.3. The van der Waals surface area contributed by atoms with E-state index >= 15 is 0 Å². The summed E-state index contributed by atoms with van der Waals surface area (Å²) in [5.41, 5.74) is 0. The minimum Gasteiger partial charge on any atom is -0.463 e. The van der Waals surface area contributed by atoms with E-state index in [0.717, 1.165) is 0 Å². The fraction of sp³-hybridized carbons (Fsp3) is 0.800. The van der Waals surface area contributed by atoms with Crippen LogP contribution in [0.15, 0.2) is 0 Å². The second kappa shape index (κ2) is 5.14. The molecule has 0 spiro atoms. The highest BCUT2D eigenvalue weighted by Gasteiger charge is 2.45. The van der Waals surface area contributed by atoms with Crippen molar-refractivity contribution in [3.8, 4) is 0 Å². The fourth-order valence-electron chi connectivity index (χ4n) is 0.569. The molecule has 0 heterocycles. The van der Waals surface area contributed by atoms with Gasteiger partial charge in [0.05, 0.1) is 0 Å². The number of hydrogen-bond donors (Lipinski definition) is 1. The molecule has 0 bridgehead atoms. The van der Waals surface area contributed by atoms with Gasteiger partial charge < -0.3 is 18.4 Å². The van der Waals surface area contributed by atoms with Gasteiger partial charge in [-0.15, -0.1) is 0 Å². The fourth-order valence-corrected chi connectivity index (χ4v) is 1.71. The van der Waals surface area contributed by atoms with Crippen molar-refractivity contribution in [2.24, 2.45) is 0 Å². The Morgan fingerprint density at radius 2 is 1.62 bits per heavy atom. The van der Waals surface area contributed by atoms with Crippen LogP contribution in [0.2, 0.25) is 0 Å². The molecule has 1 amide bonds. The van der Waals surface area contributed by atoms with Gasteiger partial charge in [0.2, 0.25) is 0 Å². The lowest BCUT2D eigenvalue weighted by Gasteiger charge is -2.25. The largest absolute Gasteiger partial charge is 0.701 e. The second-order valence-electron chi connectivity index (χ2n) is 1.98. The van der Waals surface area contributed by atoms with Crippen molar-refractivity contribution in [1.82, 2.24) is 5.06 Å². The average molecular weight is 211 g/mol. The molecule has 0 aliphatic carbocycles. The Labute approximate surface area is 77.2 Å². The monoisotopic (exact) mass is 211 g/mol. The molecular formula is C5H13NO6Si. The van der Waals surface area contributed by atoms with E-state index in [2.05, 4.69) is 0 Å². The second-order valence-corrected chi connectivity index (χ2v) is 4.39. The van der Waals surface area contributed by atoms with Crippen LogP contribution < -0.4 is 0 Å². The summed E-state index contributed by atoms with van der Waals surface area (Å²) >= 11 is 0. The van der Waals surface area contributed by atoms with Crippen molar-refractivity contribution >= 4 is 15.1 Å². The Kier molecular flexibility index (Phi) is 4.88. The molecule has 0 aromatic heterocycles. The third-order valence-electron chi connectivity index (χ3n) is 1.27. The SMILES string of the molecule is CO[Si](OC)(OC)ON(C)C(=O)O. The maximum absolute atomic E-state index is 10.4. The van der Waals surface area contributed by atoms with Crippen LogP contribution in [0.1, 0.15) is 0 Å². The highest BCUT2D eigenvalue weighted by Crippen LogP contribution is 2.09. The smallest absolute Gasteiger partial charge is 0.463 e. The quantitative estimate of drug-likeness (QED) is 0.505. The lowest BCUT2D eigenvalue weighted by Crippen LogP contribution is -2.51. The number of carbonyl (C=O) groups is 1. The van der Waals surface area contributed by atoms with E-state index < -0.39 is 15.1 Å². The van der Waals surface area contributed by atoms with Gasteiger partial charge in [-0.2, -0.15) is 5.06 Å². The topological polar surface area (TPSA) is 77.5 Å². The van der Waals surface area contributed by atoms with Gasteiger partial charge in [0.15, 0.2) is 0 Å². The zero-order valence-corrected chi connectivity index (χ0v) is 8.94. The highest BCUT2D eigenvalue weighted by atomic mass is 28.4. The molecule has 0 fully saturated rings. The molecule has 0 unspecified atom stereocenters. The molecule has 8 heteroatoms. The van der Waals surface area contributed by atoms with E-state index in [1.54, 1.807) is 0 Å². The number of rotatable bonds is 5. The Morgan fingerprint density at radius 3 is 1.85 bits per heavy atom. The molecule has 0 aromatic carbocycles. The number of carboxylic acid groups (broad SMARTS) is 1.